The molecule has 11 nitrogen and oxygen atoms in total. The number of carbonyl (C=O) groups excluding carboxylic acids is 2. The smallest absolute Gasteiger partial charge is 0.306 e. The average Bonchev–Trinajstić information content (AvgIpc) is 2.87. The molecular weight excluding hydrogens is 498 g/mol. The van der Waals surface area contributed by atoms with Crippen molar-refractivity contribution in [3.8, 4) is 0 Å². The third-order valence-corrected chi connectivity index (χ3v) is 8.75. The van der Waals surface area contributed by atoms with Gasteiger partial charge in [0.15, 0.2) is 12.3 Å². The van der Waals surface area contributed by atoms with Crippen LogP contribution in [0.15, 0.2) is 12.2 Å². The van der Waals surface area contributed by atoms with Crippen LogP contribution < -0.4 is 5.32 Å². The third-order valence-electron chi connectivity index (χ3n) is 8.75. The van der Waals surface area contributed by atoms with Gasteiger partial charge in [-0.15, -0.1) is 0 Å². The van der Waals surface area contributed by atoms with E-state index >= 15 is 0 Å². The molecule has 38 heavy (non-hydrogen) atoms. The summed E-state index contributed by atoms with van der Waals surface area (Å²) < 4.78 is 41.2. The van der Waals surface area contributed by atoms with Crippen molar-refractivity contribution in [2.75, 3.05) is 21.0 Å². The summed E-state index contributed by atoms with van der Waals surface area (Å²) in [5.74, 6) is -2.45. The Balaban J connectivity index is 1.51. The third kappa shape index (κ3) is 5.52. The number of methoxy groups -OCH3 is 2. The van der Waals surface area contributed by atoms with E-state index in [0.29, 0.717) is 12.8 Å². The highest BCUT2D eigenvalue weighted by Gasteiger charge is 2.57. The van der Waals surface area contributed by atoms with Gasteiger partial charge >= 0.3 is 5.97 Å². The van der Waals surface area contributed by atoms with Gasteiger partial charge in [0.05, 0.1) is 18.3 Å². The first-order chi connectivity index (χ1) is 17.9. The summed E-state index contributed by atoms with van der Waals surface area (Å²) >= 11 is 0. The lowest BCUT2D eigenvalue weighted by molar-refractivity contribution is -0.333. The highest BCUT2D eigenvalue weighted by Crippen LogP contribution is 2.44. The lowest BCUT2D eigenvalue weighted by Crippen LogP contribution is -2.69. The first-order valence-corrected chi connectivity index (χ1v) is 13.4. The van der Waals surface area contributed by atoms with Crippen LogP contribution >= 0.6 is 0 Å². The maximum absolute atomic E-state index is 13.3. The van der Waals surface area contributed by atoms with Gasteiger partial charge in [-0.1, -0.05) is 32.9 Å². The van der Waals surface area contributed by atoms with Gasteiger partial charge in [0.25, 0.3) is 5.91 Å². The monoisotopic (exact) mass is 541 g/mol. The van der Waals surface area contributed by atoms with Crippen molar-refractivity contribution in [3.05, 3.63) is 12.2 Å². The van der Waals surface area contributed by atoms with Crippen LogP contribution in [0.2, 0.25) is 0 Å². The fourth-order valence-electron chi connectivity index (χ4n) is 6.12. The number of esters is 1. The van der Waals surface area contributed by atoms with Crippen molar-refractivity contribution < 1.29 is 47.9 Å². The minimum absolute atomic E-state index is 0.0541. The van der Waals surface area contributed by atoms with E-state index in [1.165, 1.54) is 7.11 Å². The molecule has 4 aliphatic heterocycles. The Bertz CT molecular complexity index is 895. The van der Waals surface area contributed by atoms with Gasteiger partial charge in [-0.25, -0.2) is 0 Å². The summed E-state index contributed by atoms with van der Waals surface area (Å²) in [7, 11) is 3.01. The van der Waals surface area contributed by atoms with Gasteiger partial charge in [0.2, 0.25) is 5.79 Å². The molecule has 4 heterocycles. The molecule has 0 aromatic heterocycles. The number of aliphatic hydroxyl groups excluding tert-OH is 1. The quantitative estimate of drug-likeness (QED) is 0.363. The van der Waals surface area contributed by atoms with Crippen molar-refractivity contribution in [3.63, 3.8) is 0 Å². The first kappa shape index (κ1) is 29.4. The molecule has 0 radical (unpaired) electrons. The average molecular weight is 542 g/mol. The van der Waals surface area contributed by atoms with E-state index in [2.05, 4.69) is 11.9 Å². The topological polar surface area (TPSA) is 131 Å². The predicted molar refractivity (Wildman–Crippen MR) is 134 cm³/mol. The molecule has 0 aromatic rings. The van der Waals surface area contributed by atoms with E-state index in [1.54, 1.807) is 7.11 Å². The summed E-state index contributed by atoms with van der Waals surface area (Å²) in [4.78, 5) is 25.2. The standard InChI is InChI=1S/C27H43NO10/c1-14-12-27(33-7,38-16(3)15(14)2)22(30)24(31)28-25-21-20(34-13-35-25)23(32-6)26(4,5)18(37-21)11-17-9-8-10-19(29)36-17/h15-18,20-23,25,30H,1,8-13H2,2-7H3,(H,28,31). The van der Waals surface area contributed by atoms with E-state index in [4.69, 9.17) is 33.2 Å². The van der Waals surface area contributed by atoms with Crippen LogP contribution in [0.5, 0.6) is 0 Å². The van der Waals surface area contributed by atoms with Gasteiger partial charge in [-0.3, -0.25) is 9.59 Å². The first-order valence-electron chi connectivity index (χ1n) is 13.4. The Morgan fingerprint density at radius 1 is 1.24 bits per heavy atom. The van der Waals surface area contributed by atoms with Gasteiger partial charge in [0, 0.05) is 44.8 Å². The van der Waals surface area contributed by atoms with Gasteiger partial charge < -0.3 is 43.6 Å². The largest absolute Gasteiger partial charge is 0.462 e. The van der Waals surface area contributed by atoms with Crippen LogP contribution in [0, 0.1) is 11.3 Å². The number of ether oxygens (including phenoxy) is 7. The fourth-order valence-corrected chi connectivity index (χ4v) is 6.12. The summed E-state index contributed by atoms with van der Waals surface area (Å²) in [6.45, 7) is 11.9. The summed E-state index contributed by atoms with van der Waals surface area (Å²) in [5.41, 5.74) is 0.334. The number of fused-ring (bicyclic) bond motifs is 1. The molecular formula is C27H43NO10. The van der Waals surface area contributed by atoms with Crippen LogP contribution in [-0.2, 0) is 42.7 Å². The van der Waals surface area contributed by atoms with Crippen molar-refractivity contribution in [2.24, 2.45) is 11.3 Å². The Hall–Kier alpha value is -1.60. The number of aliphatic hydroxyl groups is 1. The lowest BCUT2D eigenvalue weighted by Gasteiger charge is -2.54. The number of nitrogens with one attached hydrogen (secondary N) is 1. The Kier molecular flexibility index (Phi) is 8.88. The predicted octanol–water partition coefficient (Wildman–Crippen LogP) is 1.80. The molecule has 0 bridgehead atoms. The zero-order chi connectivity index (χ0) is 27.8. The van der Waals surface area contributed by atoms with Gasteiger partial charge in [-0.2, -0.15) is 0 Å². The van der Waals surface area contributed by atoms with E-state index in [0.717, 1.165) is 18.4 Å². The summed E-state index contributed by atoms with van der Waals surface area (Å²) in [6, 6.07) is 0. The summed E-state index contributed by atoms with van der Waals surface area (Å²) in [5, 5.41) is 13.9. The van der Waals surface area contributed by atoms with Crippen LogP contribution in [0.4, 0.5) is 0 Å². The van der Waals surface area contributed by atoms with Crippen LogP contribution in [-0.4, -0.2) is 92.7 Å². The maximum atomic E-state index is 13.3. The Morgan fingerprint density at radius 3 is 2.61 bits per heavy atom. The van der Waals surface area contributed by atoms with E-state index in [9.17, 15) is 14.7 Å². The fraction of sp³-hybridized carbons (Fsp3) is 0.852. The van der Waals surface area contributed by atoms with Crippen molar-refractivity contribution in [2.45, 2.75) is 115 Å². The molecule has 11 heteroatoms. The molecule has 0 aromatic carbocycles. The normalized spacial score (nSPS) is 42.1. The highest BCUT2D eigenvalue weighted by atomic mass is 16.7. The molecule has 216 valence electrons. The second-order valence-electron chi connectivity index (χ2n) is 11.5. The number of amides is 1. The molecule has 10 unspecified atom stereocenters. The molecule has 4 saturated heterocycles. The minimum atomic E-state index is -1.65. The summed E-state index contributed by atoms with van der Waals surface area (Å²) in [6.07, 6.45) is -2.60. The number of rotatable bonds is 7. The second kappa shape index (κ2) is 11.5. The van der Waals surface area contributed by atoms with E-state index in [1.807, 2.05) is 27.7 Å². The zero-order valence-electron chi connectivity index (χ0n) is 23.3. The highest BCUT2D eigenvalue weighted by molar-refractivity contribution is 5.82. The molecule has 4 aliphatic rings. The second-order valence-corrected chi connectivity index (χ2v) is 11.5. The van der Waals surface area contributed by atoms with Gasteiger partial charge in [-0.05, 0) is 19.8 Å². The zero-order valence-corrected chi connectivity index (χ0v) is 23.3. The van der Waals surface area contributed by atoms with Crippen molar-refractivity contribution >= 4 is 11.9 Å². The molecule has 0 aliphatic carbocycles. The minimum Gasteiger partial charge on any atom is -0.462 e. The van der Waals surface area contributed by atoms with E-state index in [-0.39, 0.29) is 43.4 Å². The Morgan fingerprint density at radius 2 is 1.97 bits per heavy atom. The molecule has 0 spiro atoms. The molecule has 4 rings (SSSR count). The maximum Gasteiger partial charge on any atom is 0.306 e. The van der Waals surface area contributed by atoms with Gasteiger partial charge in [0.1, 0.15) is 25.1 Å². The number of hydrogen-bond acceptors (Lipinski definition) is 10. The lowest BCUT2D eigenvalue weighted by atomic mass is 9.72. The van der Waals surface area contributed by atoms with Crippen molar-refractivity contribution in [1.82, 2.24) is 5.32 Å². The molecule has 2 N–H and O–H groups in total. The molecule has 1 amide bonds. The van der Waals surface area contributed by atoms with E-state index < -0.39 is 47.8 Å². The van der Waals surface area contributed by atoms with Crippen LogP contribution in [0.3, 0.4) is 0 Å². The molecule has 10 atom stereocenters. The van der Waals surface area contributed by atoms with Crippen molar-refractivity contribution in [1.29, 1.82) is 0 Å². The van der Waals surface area contributed by atoms with Crippen LogP contribution in [0.25, 0.3) is 0 Å². The molecule has 0 saturated carbocycles. The van der Waals surface area contributed by atoms with Crippen LogP contribution in [0.1, 0.15) is 59.8 Å². The molecule has 4 fully saturated rings. The number of cyclic esters (lactones) is 1. The SMILES string of the molecule is C=C1CC(OC)(C(O)C(=O)NC2OCOC3C2OC(CC2CCCC(=O)O2)C(C)(C)C3OC)OC(C)C1C. The number of carbonyl (C=O) groups is 2. The number of hydrogen-bond donors (Lipinski definition) is 2. The Labute approximate surface area is 224 Å².